The highest BCUT2D eigenvalue weighted by atomic mass is 16.7. The molecule has 9 heteroatoms. The summed E-state index contributed by atoms with van der Waals surface area (Å²) in [5.74, 6) is -2.37. The fourth-order valence-electron chi connectivity index (χ4n) is 8.37. The van der Waals surface area contributed by atoms with Crippen LogP contribution in [0, 0.1) is 0 Å². The van der Waals surface area contributed by atoms with Gasteiger partial charge in [-0.3, -0.25) is 9.59 Å². The van der Waals surface area contributed by atoms with Crippen LogP contribution in [-0.4, -0.2) is 82.3 Å². The molecule has 2 atom stereocenters. The molecule has 0 aliphatic rings. The Labute approximate surface area is 544 Å². The lowest BCUT2D eigenvalue weighted by Gasteiger charge is -2.26. The molecule has 89 heavy (non-hydrogen) atoms. The molecule has 0 saturated carbocycles. The third kappa shape index (κ3) is 69.2. The van der Waals surface area contributed by atoms with Crippen LogP contribution in [0.3, 0.4) is 0 Å². The van der Waals surface area contributed by atoms with Crippen LogP contribution in [0.4, 0.5) is 0 Å². The van der Waals surface area contributed by atoms with E-state index >= 15 is 0 Å². The van der Waals surface area contributed by atoms with Crippen molar-refractivity contribution >= 4 is 17.9 Å². The van der Waals surface area contributed by atoms with Gasteiger partial charge in [0.05, 0.1) is 40.3 Å². The molecular formula is C80H123NO8. The number of esters is 2. The normalized spacial score (nSPS) is 14.0. The molecule has 9 nitrogen and oxygen atoms in total. The van der Waals surface area contributed by atoms with Gasteiger partial charge in [-0.25, -0.2) is 0 Å². The van der Waals surface area contributed by atoms with Crippen LogP contribution >= 0.6 is 0 Å². The van der Waals surface area contributed by atoms with E-state index in [-0.39, 0.29) is 38.6 Å². The van der Waals surface area contributed by atoms with Gasteiger partial charge in [0.25, 0.3) is 0 Å². The second kappa shape index (κ2) is 67.8. The van der Waals surface area contributed by atoms with Crippen molar-refractivity contribution in [1.29, 1.82) is 0 Å². The maximum Gasteiger partial charge on any atom is 0.306 e. The van der Waals surface area contributed by atoms with Crippen molar-refractivity contribution in [3.05, 3.63) is 207 Å². The van der Waals surface area contributed by atoms with Gasteiger partial charge in [0.1, 0.15) is 13.2 Å². The molecule has 0 spiro atoms. The predicted octanol–water partition coefficient (Wildman–Crippen LogP) is 20.2. The van der Waals surface area contributed by atoms with Crippen molar-refractivity contribution in [3.63, 3.8) is 0 Å². The topological polar surface area (TPSA) is 111 Å². The van der Waals surface area contributed by atoms with Gasteiger partial charge in [-0.2, -0.15) is 0 Å². The first-order valence-electron chi connectivity index (χ1n) is 34.2. The number of carbonyl (C=O) groups is 3. The van der Waals surface area contributed by atoms with E-state index in [2.05, 4.69) is 220 Å². The molecular weight excluding hydrogens is 1100 g/mol. The van der Waals surface area contributed by atoms with E-state index in [1.807, 2.05) is 21.1 Å². The highest BCUT2D eigenvalue weighted by Crippen LogP contribution is 2.13. The summed E-state index contributed by atoms with van der Waals surface area (Å²) in [4.78, 5) is 37.5. The number of likely N-dealkylation sites (N-methyl/N-ethyl adjacent to an activating group) is 1. The molecule has 0 saturated heterocycles. The molecule has 496 valence electrons. The molecule has 0 aromatic heterocycles. The number of rotatable bonds is 60. The minimum atomic E-state index is -1.65. The number of carboxylic acids is 1. The van der Waals surface area contributed by atoms with E-state index in [0.29, 0.717) is 23.9 Å². The van der Waals surface area contributed by atoms with Crippen molar-refractivity contribution < 1.29 is 42.9 Å². The number of unbranched alkanes of at least 4 members (excludes halogenated alkanes) is 11. The molecule has 0 aromatic carbocycles. The summed E-state index contributed by atoms with van der Waals surface area (Å²) in [6.07, 6.45) is 103. The molecule has 0 aliphatic heterocycles. The lowest BCUT2D eigenvalue weighted by molar-refractivity contribution is -0.870. The standard InChI is InChI=1S/C80H123NO8/c1-6-8-10-12-14-16-18-20-22-24-26-28-30-32-34-36-38-39-41-42-44-46-48-50-52-54-56-58-60-62-64-66-68-70-77(82)87-74-76(75-88-80(79(84)85)86-73-72-81(3,4)5)89-78(83)71-69-67-65-63-61-59-57-55-53-51-49-47-45-43-40-37-35-33-31-29-27-25-23-21-19-17-15-13-11-9-7-2/h8-11,14-17,20-23,26-29,32-35,38-40,42-44,47-50,53,55,59,61,76,80H,6-7,12-13,18-19,24-25,30-31,36-37,41,45-46,51-52,54,56-58,60,62-75H2,1-5H3/b10-8-,11-9-,16-14-,17-15-,22-20-,23-21-,28-26-,29-27-,34-32-,35-33-,39-38-,43-40-,44-42-,49-47-,50-48-,55-53-,61-59-. The monoisotopic (exact) mass is 1230 g/mol. The van der Waals surface area contributed by atoms with Crippen LogP contribution in [0.25, 0.3) is 0 Å². The van der Waals surface area contributed by atoms with Crippen LogP contribution < -0.4 is 5.11 Å². The number of carbonyl (C=O) groups excluding carboxylic acids is 3. The van der Waals surface area contributed by atoms with Gasteiger partial charge in [0.2, 0.25) is 0 Å². The number of hydrogen-bond acceptors (Lipinski definition) is 8. The van der Waals surface area contributed by atoms with E-state index in [9.17, 15) is 19.5 Å². The SMILES string of the molecule is CC/C=C\C/C=C\C/C=C\C/C=C\C/C=C\C/C=C\C/C=C\C/C=C\C/C=C\CCCCCC(=O)OC(COC(=O)CCCCCCCCCC/C=C\C/C=C\C/C=C\C/C=C\C/C=C\C/C=C\C/C=C\C/C=C\CC)COC(OCC[N+](C)(C)C)C(=O)[O-]. The summed E-state index contributed by atoms with van der Waals surface area (Å²) in [5.41, 5.74) is 0. The van der Waals surface area contributed by atoms with Crippen molar-refractivity contribution in [1.82, 2.24) is 0 Å². The summed E-state index contributed by atoms with van der Waals surface area (Å²) in [7, 11) is 5.89. The zero-order chi connectivity index (χ0) is 64.7. The number of aliphatic carboxylic acids is 1. The Morgan fingerprint density at radius 3 is 0.910 bits per heavy atom. The largest absolute Gasteiger partial charge is 0.545 e. The van der Waals surface area contributed by atoms with Crippen LogP contribution in [0.5, 0.6) is 0 Å². The van der Waals surface area contributed by atoms with Crippen LogP contribution in [0.2, 0.25) is 0 Å². The fourth-order valence-corrected chi connectivity index (χ4v) is 8.37. The maximum atomic E-state index is 12.9. The van der Waals surface area contributed by atoms with E-state index in [0.717, 1.165) is 154 Å². The number of nitrogens with zero attached hydrogens (tertiary/aromatic N) is 1. The first-order chi connectivity index (χ1) is 43.6. The minimum Gasteiger partial charge on any atom is -0.545 e. The third-order valence-corrected chi connectivity index (χ3v) is 13.5. The number of allylic oxidation sites excluding steroid dienone is 34. The summed E-state index contributed by atoms with van der Waals surface area (Å²) in [6, 6.07) is 0. The molecule has 2 unspecified atom stereocenters. The molecule has 0 bridgehead atoms. The summed E-state index contributed by atoms with van der Waals surface area (Å²) in [5, 5.41) is 11.8. The van der Waals surface area contributed by atoms with Gasteiger partial charge in [0, 0.05) is 12.8 Å². The fraction of sp³-hybridized carbons (Fsp3) is 0.537. The average Bonchev–Trinajstić information content (AvgIpc) is 3.64. The predicted molar refractivity (Wildman–Crippen MR) is 379 cm³/mol. The lowest BCUT2D eigenvalue weighted by Crippen LogP contribution is -2.44. The van der Waals surface area contributed by atoms with Gasteiger partial charge < -0.3 is 33.3 Å². The molecule has 0 rings (SSSR count). The minimum absolute atomic E-state index is 0.127. The molecule has 0 aliphatic carbocycles. The van der Waals surface area contributed by atoms with Crippen LogP contribution in [-0.2, 0) is 33.3 Å². The van der Waals surface area contributed by atoms with Crippen molar-refractivity contribution in [2.45, 2.75) is 232 Å². The summed E-state index contributed by atoms with van der Waals surface area (Å²) in [6.45, 7) is 4.44. The Hall–Kier alpha value is -6.13. The van der Waals surface area contributed by atoms with E-state index in [1.54, 1.807) is 0 Å². The first kappa shape index (κ1) is 82.9. The zero-order valence-electron chi connectivity index (χ0n) is 56.5. The number of ether oxygens (including phenoxy) is 4. The Kier molecular flexibility index (Phi) is 63.1. The molecule has 0 aromatic rings. The zero-order valence-corrected chi connectivity index (χ0v) is 56.5. The molecule has 0 amide bonds. The average molecular weight is 1230 g/mol. The van der Waals surface area contributed by atoms with Gasteiger partial charge in [-0.1, -0.05) is 265 Å². The Morgan fingerprint density at radius 1 is 0.337 bits per heavy atom. The molecule has 0 fully saturated rings. The molecule has 0 radical (unpaired) electrons. The van der Waals surface area contributed by atoms with Crippen molar-refractivity contribution in [2.75, 3.05) is 47.5 Å². The number of carboxylic acid groups (broad SMARTS) is 1. The van der Waals surface area contributed by atoms with E-state index in [4.69, 9.17) is 18.9 Å². The number of hydrogen-bond donors (Lipinski definition) is 0. The van der Waals surface area contributed by atoms with E-state index < -0.39 is 24.3 Å². The maximum absolute atomic E-state index is 12.9. The van der Waals surface area contributed by atoms with Gasteiger partial charge >= 0.3 is 11.9 Å². The Morgan fingerprint density at radius 2 is 0.607 bits per heavy atom. The lowest BCUT2D eigenvalue weighted by atomic mass is 10.1. The van der Waals surface area contributed by atoms with Gasteiger partial charge in [-0.05, 0) is 148 Å². The van der Waals surface area contributed by atoms with Crippen LogP contribution in [0.15, 0.2) is 207 Å². The molecule has 0 N–H and O–H groups in total. The van der Waals surface area contributed by atoms with Gasteiger partial charge in [0.15, 0.2) is 12.4 Å². The van der Waals surface area contributed by atoms with Crippen LogP contribution in [0.1, 0.15) is 219 Å². The van der Waals surface area contributed by atoms with Crippen molar-refractivity contribution in [3.8, 4) is 0 Å². The Balaban J connectivity index is 4.32. The second-order valence-electron chi connectivity index (χ2n) is 23.0. The van der Waals surface area contributed by atoms with Crippen molar-refractivity contribution in [2.24, 2.45) is 0 Å². The van der Waals surface area contributed by atoms with E-state index in [1.165, 1.54) is 25.7 Å². The Bertz CT molecular complexity index is 2210. The quantitative estimate of drug-likeness (QED) is 0.0195. The molecule has 0 heterocycles. The summed E-state index contributed by atoms with van der Waals surface area (Å²) < 4.78 is 22.7. The number of quaternary nitrogens is 1. The highest BCUT2D eigenvalue weighted by molar-refractivity contribution is 5.70. The second-order valence-corrected chi connectivity index (χ2v) is 23.0. The smallest absolute Gasteiger partial charge is 0.306 e. The summed E-state index contributed by atoms with van der Waals surface area (Å²) >= 11 is 0. The first-order valence-corrected chi connectivity index (χ1v) is 34.2. The third-order valence-electron chi connectivity index (χ3n) is 13.5. The highest BCUT2D eigenvalue weighted by Gasteiger charge is 2.22. The van der Waals surface area contributed by atoms with Gasteiger partial charge in [-0.15, -0.1) is 0 Å².